The number of halogens is 1. The van der Waals surface area contributed by atoms with Crippen LogP contribution >= 0.6 is 11.8 Å². The molecule has 0 aromatic heterocycles. The Morgan fingerprint density at radius 3 is 3.05 bits per heavy atom. The van der Waals surface area contributed by atoms with Gasteiger partial charge in [-0.25, -0.2) is 9.18 Å². The Balaban J connectivity index is 1.59. The molecule has 6 heteroatoms. The lowest BCUT2D eigenvalue weighted by Gasteiger charge is -2.23. The predicted molar refractivity (Wildman–Crippen MR) is 80.0 cm³/mol. The molecule has 0 spiro atoms. The molecule has 21 heavy (non-hydrogen) atoms. The molecule has 0 saturated carbocycles. The number of fused-ring (bicyclic) bond motifs is 1. The zero-order chi connectivity index (χ0) is 14.7. The highest BCUT2D eigenvalue weighted by atomic mass is 32.2. The molecule has 0 bridgehead atoms. The van der Waals surface area contributed by atoms with Crippen LogP contribution in [0.4, 0.5) is 4.39 Å². The van der Waals surface area contributed by atoms with Gasteiger partial charge in [0, 0.05) is 18.2 Å². The smallest absolute Gasteiger partial charge is 0.335 e. The molecular formula is C15H13FN2O2S. The average Bonchev–Trinajstić information content (AvgIpc) is 2.53. The maximum absolute atomic E-state index is 12.8. The molecule has 2 aliphatic heterocycles. The van der Waals surface area contributed by atoms with E-state index in [2.05, 4.69) is 10.3 Å². The second-order valence-corrected chi connectivity index (χ2v) is 5.63. The summed E-state index contributed by atoms with van der Waals surface area (Å²) in [5, 5.41) is 4.78. The van der Waals surface area contributed by atoms with Gasteiger partial charge in [-0.3, -0.25) is 4.99 Å². The maximum Gasteiger partial charge on any atom is 0.335 e. The van der Waals surface area contributed by atoms with Gasteiger partial charge in [0.25, 0.3) is 0 Å². The number of thioether (sulfide) groups is 1. The molecule has 4 nitrogen and oxygen atoms in total. The second-order valence-electron chi connectivity index (χ2n) is 4.67. The molecule has 0 radical (unpaired) electrons. The molecule has 0 amide bonds. The summed E-state index contributed by atoms with van der Waals surface area (Å²) in [7, 11) is 0. The second kappa shape index (κ2) is 6.13. The molecule has 1 N–H and O–H groups in total. The maximum atomic E-state index is 12.8. The van der Waals surface area contributed by atoms with Crippen LogP contribution in [-0.2, 0) is 16.1 Å². The molecule has 108 valence electrons. The molecule has 1 aromatic rings. The van der Waals surface area contributed by atoms with Gasteiger partial charge < -0.3 is 10.1 Å². The molecule has 1 unspecified atom stereocenters. The van der Waals surface area contributed by atoms with Crippen molar-refractivity contribution in [1.82, 2.24) is 5.32 Å². The van der Waals surface area contributed by atoms with Crippen molar-refractivity contribution in [3.8, 4) is 0 Å². The zero-order valence-electron chi connectivity index (χ0n) is 11.1. The molecule has 0 aliphatic carbocycles. The van der Waals surface area contributed by atoms with E-state index in [-0.39, 0.29) is 23.8 Å². The Bertz CT molecular complexity index is 638. The molecule has 3 rings (SSSR count). The number of hydrogen-bond acceptors (Lipinski definition) is 5. The van der Waals surface area contributed by atoms with E-state index in [1.165, 1.54) is 23.9 Å². The van der Waals surface area contributed by atoms with Crippen LogP contribution in [0.5, 0.6) is 0 Å². The van der Waals surface area contributed by atoms with Crippen LogP contribution in [0.15, 0.2) is 52.0 Å². The number of ether oxygens (including phenoxy) is 1. The lowest BCUT2D eigenvalue weighted by Crippen LogP contribution is -2.21. The Morgan fingerprint density at radius 1 is 1.43 bits per heavy atom. The minimum Gasteiger partial charge on any atom is -0.457 e. The van der Waals surface area contributed by atoms with Crippen molar-refractivity contribution in [2.75, 3.05) is 0 Å². The molecule has 1 aromatic carbocycles. The lowest BCUT2D eigenvalue weighted by molar-refractivity contribution is -0.140. The van der Waals surface area contributed by atoms with E-state index in [1.807, 2.05) is 6.20 Å². The van der Waals surface area contributed by atoms with Gasteiger partial charge in [-0.15, -0.1) is 11.8 Å². The summed E-state index contributed by atoms with van der Waals surface area (Å²) in [4.78, 5) is 16.3. The van der Waals surface area contributed by atoms with E-state index < -0.39 is 0 Å². The first-order valence-electron chi connectivity index (χ1n) is 6.45. The van der Waals surface area contributed by atoms with E-state index in [0.717, 1.165) is 11.1 Å². The monoisotopic (exact) mass is 304 g/mol. The van der Waals surface area contributed by atoms with Crippen LogP contribution in [0, 0.1) is 5.82 Å². The van der Waals surface area contributed by atoms with Gasteiger partial charge in [0.2, 0.25) is 0 Å². The summed E-state index contributed by atoms with van der Waals surface area (Å²) in [5.41, 5.74) is 2.43. The van der Waals surface area contributed by atoms with E-state index in [9.17, 15) is 9.18 Å². The normalized spacial score (nSPS) is 20.0. The Kier molecular flexibility index (Phi) is 4.06. The fraction of sp³-hybridized carbons (Fsp3) is 0.200. The topological polar surface area (TPSA) is 50.7 Å². The van der Waals surface area contributed by atoms with Gasteiger partial charge in [-0.05, 0) is 28.7 Å². The van der Waals surface area contributed by atoms with Gasteiger partial charge in [0.1, 0.15) is 17.8 Å². The Hall–Kier alpha value is -2.08. The van der Waals surface area contributed by atoms with Crippen molar-refractivity contribution < 1.29 is 13.9 Å². The molecule has 0 saturated heterocycles. The van der Waals surface area contributed by atoms with E-state index >= 15 is 0 Å². The van der Waals surface area contributed by atoms with Crippen molar-refractivity contribution in [1.29, 1.82) is 0 Å². The number of esters is 1. The SMILES string of the molecule is O=C(OCc1ccc(F)cc1)C1=CSC2N=CNC=C2C1. The summed E-state index contributed by atoms with van der Waals surface area (Å²) in [6, 6.07) is 5.90. The summed E-state index contributed by atoms with van der Waals surface area (Å²) in [6.45, 7) is 0.139. The Labute approximate surface area is 125 Å². The zero-order valence-corrected chi connectivity index (χ0v) is 11.9. The van der Waals surface area contributed by atoms with Crippen molar-refractivity contribution in [2.45, 2.75) is 18.4 Å². The van der Waals surface area contributed by atoms with Gasteiger partial charge in [0.15, 0.2) is 0 Å². The lowest BCUT2D eigenvalue weighted by atomic mass is 10.1. The van der Waals surface area contributed by atoms with Crippen LogP contribution < -0.4 is 5.32 Å². The van der Waals surface area contributed by atoms with Crippen molar-refractivity contribution in [3.63, 3.8) is 0 Å². The minimum atomic E-state index is -0.347. The van der Waals surface area contributed by atoms with Gasteiger partial charge in [-0.1, -0.05) is 12.1 Å². The largest absolute Gasteiger partial charge is 0.457 e. The molecule has 2 heterocycles. The third kappa shape index (κ3) is 3.33. The minimum absolute atomic E-state index is 0.0555. The Morgan fingerprint density at radius 2 is 2.24 bits per heavy atom. The van der Waals surface area contributed by atoms with E-state index in [0.29, 0.717) is 12.0 Å². The van der Waals surface area contributed by atoms with Crippen molar-refractivity contribution >= 4 is 24.1 Å². The number of carbonyl (C=O) groups is 1. The van der Waals surface area contributed by atoms with Gasteiger partial charge in [0.05, 0.1) is 6.34 Å². The summed E-state index contributed by atoms with van der Waals surface area (Å²) in [6.07, 6.45) is 4.04. The van der Waals surface area contributed by atoms with E-state index in [4.69, 9.17) is 4.74 Å². The third-order valence-corrected chi connectivity index (χ3v) is 4.25. The fourth-order valence-corrected chi connectivity index (χ4v) is 2.96. The fourth-order valence-electron chi connectivity index (χ4n) is 2.03. The van der Waals surface area contributed by atoms with Crippen molar-refractivity contribution in [2.24, 2.45) is 4.99 Å². The number of hydrogen-bond donors (Lipinski definition) is 1. The highest BCUT2D eigenvalue weighted by molar-refractivity contribution is 8.03. The quantitative estimate of drug-likeness (QED) is 0.872. The van der Waals surface area contributed by atoms with E-state index in [1.54, 1.807) is 23.9 Å². The van der Waals surface area contributed by atoms with Gasteiger partial charge in [-0.2, -0.15) is 0 Å². The standard InChI is InChI=1S/C15H13FN2O2S/c16-13-3-1-10(2-4-13)7-20-15(19)12-5-11-6-17-9-18-14(11)21-8-12/h1-4,6,8-9,14H,5,7H2,(H,17,18). The molecular weight excluding hydrogens is 291 g/mol. The van der Waals surface area contributed by atoms with Gasteiger partial charge >= 0.3 is 5.97 Å². The number of nitrogens with one attached hydrogen (secondary N) is 1. The first-order chi connectivity index (χ1) is 10.2. The number of rotatable bonds is 3. The van der Waals surface area contributed by atoms with Crippen LogP contribution in [0.1, 0.15) is 12.0 Å². The summed E-state index contributed by atoms with van der Waals surface area (Å²) < 4.78 is 18.0. The van der Waals surface area contributed by atoms with Crippen LogP contribution in [-0.4, -0.2) is 17.7 Å². The van der Waals surface area contributed by atoms with Crippen LogP contribution in [0.3, 0.4) is 0 Å². The summed E-state index contributed by atoms with van der Waals surface area (Å²) in [5.74, 6) is -0.652. The summed E-state index contributed by atoms with van der Waals surface area (Å²) >= 11 is 1.49. The number of aliphatic imine (C=N–C) groups is 1. The van der Waals surface area contributed by atoms with Crippen LogP contribution in [0.25, 0.3) is 0 Å². The third-order valence-electron chi connectivity index (χ3n) is 3.15. The average molecular weight is 304 g/mol. The molecule has 1 atom stereocenters. The molecule has 2 aliphatic rings. The first kappa shape index (κ1) is 13.9. The first-order valence-corrected chi connectivity index (χ1v) is 7.39. The van der Waals surface area contributed by atoms with Crippen molar-refractivity contribution in [3.05, 3.63) is 58.4 Å². The highest BCUT2D eigenvalue weighted by Gasteiger charge is 2.25. The number of nitrogens with zero attached hydrogens (tertiary/aromatic N) is 1. The highest BCUT2D eigenvalue weighted by Crippen LogP contribution is 2.34. The van der Waals surface area contributed by atoms with Crippen LogP contribution in [0.2, 0.25) is 0 Å². The predicted octanol–water partition coefficient (Wildman–Crippen LogP) is 2.73. The molecule has 0 fully saturated rings. The number of carbonyl (C=O) groups excluding carboxylic acids is 1. The number of benzene rings is 1.